The molecule has 0 fully saturated rings. The van der Waals surface area contributed by atoms with Gasteiger partial charge in [-0.15, -0.1) is 0 Å². The van der Waals surface area contributed by atoms with Gasteiger partial charge in [0.15, 0.2) is 0 Å². The Morgan fingerprint density at radius 1 is 1.27 bits per heavy atom. The Morgan fingerprint density at radius 3 is 2.77 bits per heavy atom. The number of carbonyl (C=O) groups excluding carboxylic acids is 1. The van der Waals surface area contributed by atoms with Gasteiger partial charge in [0.1, 0.15) is 11.0 Å². The van der Waals surface area contributed by atoms with Crippen LogP contribution in [0, 0.1) is 0 Å². The summed E-state index contributed by atoms with van der Waals surface area (Å²) in [5, 5.41) is 0.212. The summed E-state index contributed by atoms with van der Waals surface area (Å²) in [5.74, 6) is 0.641. The van der Waals surface area contributed by atoms with E-state index in [1.54, 1.807) is 30.3 Å². The Bertz CT molecular complexity index is 843. The Balaban J connectivity index is 1.87. The SMILES string of the molecule is CN(Cc1nc2ccccc2n1C)C(=O)c1cccnc1Cl. The Labute approximate surface area is 133 Å². The summed E-state index contributed by atoms with van der Waals surface area (Å²) in [5.41, 5.74) is 2.35. The molecular weight excluding hydrogens is 300 g/mol. The maximum absolute atomic E-state index is 12.5. The maximum atomic E-state index is 12.5. The number of carbonyl (C=O) groups is 1. The van der Waals surface area contributed by atoms with E-state index in [0.717, 1.165) is 16.9 Å². The number of imidazole rings is 1. The molecule has 2 aromatic heterocycles. The van der Waals surface area contributed by atoms with Gasteiger partial charge in [-0.1, -0.05) is 23.7 Å². The van der Waals surface area contributed by atoms with E-state index in [-0.39, 0.29) is 11.1 Å². The second-order valence-electron chi connectivity index (χ2n) is 5.08. The number of rotatable bonds is 3. The van der Waals surface area contributed by atoms with Gasteiger partial charge < -0.3 is 9.47 Å². The summed E-state index contributed by atoms with van der Waals surface area (Å²) in [6.07, 6.45) is 1.56. The lowest BCUT2D eigenvalue weighted by atomic mass is 10.2. The number of fused-ring (bicyclic) bond motifs is 1. The molecule has 1 amide bonds. The van der Waals surface area contributed by atoms with Gasteiger partial charge >= 0.3 is 0 Å². The highest BCUT2D eigenvalue weighted by atomic mass is 35.5. The van der Waals surface area contributed by atoms with Crippen LogP contribution in [-0.4, -0.2) is 32.4 Å². The molecule has 0 spiro atoms. The summed E-state index contributed by atoms with van der Waals surface area (Å²) in [6, 6.07) is 11.2. The molecule has 0 aliphatic heterocycles. The van der Waals surface area contributed by atoms with Crippen molar-refractivity contribution in [1.29, 1.82) is 0 Å². The van der Waals surface area contributed by atoms with E-state index in [2.05, 4.69) is 9.97 Å². The van der Waals surface area contributed by atoms with Gasteiger partial charge in [-0.2, -0.15) is 0 Å². The first-order chi connectivity index (χ1) is 10.6. The Hall–Kier alpha value is -2.40. The van der Waals surface area contributed by atoms with Crippen molar-refractivity contribution in [3.8, 4) is 0 Å². The quantitative estimate of drug-likeness (QED) is 0.698. The fourth-order valence-corrected chi connectivity index (χ4v) is 2.57. The van der Waals surface area contributed by atoms with Crippen LogP contribution in [0.15, 0.2) is 42.6 Å². The Morgan fingerprint density at radius 2 is 2.05 bits per heavy atom. The van der Waals surface area contributed by atoms with Crippen LogP contribution in [0.2, 0.25) is 5.15 Å². The van der Waals surface area contributed by atoms with Gasteiger partial charge in [0.25, 0.3) is 5.91 Å². The van der Waals surface area contributed by atoms with Crippen LogP contribution in [0.3, 0.4) is 0 Å². The highest BCUT2D eigenvalue weighted by Crippen LogP contribution is 2.18. The van der Waals surface area contributed by atoms with Crippen molar-refractivity contribution in [2.75, 3.05) is 7.05 Å². The summed E-state index contributed by atoms with van der Waals surface area (Å²) >= 11 is 5.98. The van der Waals surface area contributed by atoms with Crippen LogP contribution in [0.5, 0.6) is 0 Å². The number of para-hydroxylation sites is 2. The molecule has 2 heterocycles. The number of amides is 1. The van der Waals surface area contributed by atoms with Crippen molar-refractivity contribution in [2.24, 2.45) is 7.05 Å². The number of aromatic nitrogens is 3. The smallest absolute Gasteiger partial charge is 0.257 e. The predicted molar refractivity (Wildman–Crippen MR) is 85.8 cm³/mol. The highest BCUT2D eigenvalue weighted by molar-refractivity contribution is 6.32. The fraction of sp³-hybridized carbons (Fsp3) is 0.188. The highest BCUT2D eigenvalue weighted by Gasteiger charge is 2.18. The third-order valence-electron chi connectivity index (χ3n) is 3.59. The van der Waals surface area contributed by atoms with Gasteiger partial charge in [0, 0.05) is 20.3 Å². The minimum Gasteiger partial charge on any atom is -0.334 e. The van der Waals surface area contributed by atoms with Crippen LogP contribution in [0.25, 0.3) is 11.0 Å². The van der Waals surface area contributed by atoms with Crippen molar-refractivity contribution in [3.05, 3.63) is 59.1 Å². The average Bonchev–Trinajstić information content (AvgIpc) is 2.84. The number of halogens is 1. The zero-order valence-electron chi connectivity index (χ0n) is 12.3. The molecule has 0 N–H and O–H groups in total. The molecule has 0 radical (unpaired) electrons. The number of hydrogen-bond donors (Lipinski definition) is 0. The van der Waals surface area contributed by atoms with Gasteiger partial charge in [0.05, 0.1) is 23.1 Å². The van der Waals surface area contributed by atoms with Crippen LogP contribution < -0.4 is 0 Å². The van der Waals surface area contributed by atoms with E-state index >= 15 is 0 Å². The van der Waals surface area contributed by atoms with Crippen molar-refractivity contribution >= 4 is 28.5 Å². The van der Waals surface area contributed by atoms with Crippen molar-refractivity contribution < 1.29 is 4.79 Å². The second kappa shape index (κ2) is 5.77. The van der Waals surface area contributed by atoms with E-state index in [0.29, 0.717) is 12.1 Å². The molecule has 0 aliphatic rings. The number of benzene rings is 1. The zero-order chi connectivity index (χ0) is 15.7. The summed E-state index contributed by atoms with van der Waals surface area (Å²) in [4.78, 5) is 22.6. The van der Waals surface area contributed by atoms with Crippen LogP contribution in [0.1, 0.15) is 16.2 Å². The monoisotopic (exact) mass is 314 g/mol. The summed E-state index contributed by atoms with van der Waals surface area (Å²) in [7, 11) is 3.67. The largest absolute Gasteiger partial charge is 0.334 e. The lowest BCUT2D eigenvalue weighted by Gasteiger charge is -2.17. The van der Waals surface area contributed by atoms with E-state index in [9.17, 15) is 4.79 Å². The maximum Gasteiger partial charge on any atom is 0.257 e. The number of hydrogen-bond acceptors (Lipinski definition) is 3. The normalized spacial score (nSPS) is 10.9. The first-order valence-electron chi connectivity index (χ1n) is 6.84. The van der Waals surface area contributed by atoms with Gasteiger partial charge in [-0.25, -0.2) is 9.97 Å². The molecule has 5 nitrogen and oxygen atoms in total. The van der Waals surface area contributed by atoms with Gasteiger partial charge in [-0.05, 0) is 24.3 Å². The van der Waals surface area contributed by atoms with E-state index in [4.69, 9.17) is 11.6 Å². The van der Waals surface area contributed by atoms with Crippen molar-refractivity contribution in [2.45, 2.75) is 6.54 Å². The van der Waals surface area contributed by atoms with E-state index < -0.39 is 0 Å². The van der Waals surface area contributed by atoms with Crippen LogP contribution in [0.4, 0.5) is 0 Å². The molecule has 0 saturated carbocycles. The first-order valence-corrected chi connectivity index (χ1v) is 7.22. The molecular formula is C16H15ClN4O. The molecule has 6 heteroatoms. The number of pyridine rings is 1. The van der Waals surface area contributed by atoms with Crippen molar-refractivity contribution in [1.82, 2.24) is 19.4 Å². The molecule has 3 aromatic rings. The molecule has 0 saturated heterocycles. The number of nitrogens with zero attached hydrogens (tertiary/aromatic N) is 4. The fourth-order valence-electron chi connectivity index (χ4n) is 2.37. The van der Waals surface area contributed by atoms with Crippen molar-refractivity contribution in [3.63, 3.8) is 0 Å². The molecule has 0 atom stereocenters. The number of aryl methyl sites for hydroxylation is 1. The van der Waals surface area contributed by atoms with E-state index in [1.165, 1.54) is 0 Å². The molecule has 1 aromatic carbocycles. The predicted octanol–water partition coefficient (Wildman–Crippen LogP) is 2.89. The molecule has 0 bridgehead atoms. The van der Waals surface area contributed by atoms with Gasteiger partial charge in [-0.3, -0.25) is 4.79 Å². The van der Waals surface area contributed by atoms with Crippen LogP contribution in [-0.2, 0) is 13.6 Å². The van der Waals surface area contributed by atoms with E-state index in [1.807, 2.05) is 35.9 Å². The third kappa shape index (κ3) is 2.55. The minimum absolute atomic E-state index is 0.176. The first kappa shape index (κ1) is 14.5. The standard InChI is InChI=1S/C16H15ClN4O/c1-20(16(22)11-6-5-9-18-15(11)17)10-14-19-12-7-3-4-8-13(12)21(14)2/h3-9H,10H2,1-2H3. The second-order valence-corrected chi connectivity index (χ2v) is 5.44. The lowest BCUT2D eigenvalue weighted by Crippen LogP contribution is -2.27. The third-order valence-corrected chi connectivity index (χ3v) is 3.90. The zero-order valence-corrected chi connectivity index (χ0v) is 13.1. The Kier molecular flexibility index (Phi) is 3.81. The molecule has 0 unspecified atom stereocenters. The lowest BCUT2D eigenvalue weighted by molar-refractivity contribution is 0.0780. The molecule has 0 aliphatic carbocycles. The molecule has 3 rings (SSSR count). The molecule has 22 heavy (non-hydrogen) atoms. The topological polar surface area (TPSA) is 51.0 Å². The van der Waals surface area contributed by atoms with Crippen LogP contribution >= 0.6 is 11.6 Å². The molecule has 112 valence electrons. The van der Waals surface area contributed by atoms with Gasteiger partial charge in [0.2, 0.25) is 0 Å². The summed E-state index contributed by atoms with van der Waals surface area (Å²) < 4.78 is 1.99. The average molecular weight is 315 g/mol. The minimum atomic E-state index is -0.176. The summed E-state index contributed by atoms with van der Waals surface area (Å²) in [6.45, 7) is 0.398.